The maximum Gasteiger partial charge on any atom is 0.262 e. The summed E-state index contributed by atoms with van der Waals surface area (Å²) < 4.78 is 29.1. The van der Waals surface area contributed by atoms with Crippen LogP contribution >= 0.6 is 0 Å². The molecule has 186 valence electrons. The van der Waals surface area contributed by atoms with E-state index in [4.69, 9.17) is 0 Å². The molecule has 8 nitrogen and oxygen atoms in total. The second-order valence-corrected chi connectivity index (χ2v) is 11.4. The molecule has 2 saturated heterocycles. The zero-order valence-corrected chi connectivity index (χ0v) is 21.2. The van der Waals surface area contributed by atoms with Crippen LogP contribution in [0.15, 0.2) is 41.6 Å². The first kappa shape index (κ1) is 24.9. The van der Waals surface area contributed by atoms with E-state index in [1.165, 1.54) is 9.87 Å². The van der Waals surface area contributed by atoms with Crippen LogP contribution in [0.25, 0.3) is 0 Å². The molecular formula is C25H37N5O3S. The zero-order valence-electron chi connectivity index (χ0n) is 20.4. The Bertz CT molecular complexity index is 1040. The zero-order chi connectivity index (χ0) is 24.1. The van der Waals surface area contributed by atoms with Crippen LogP contribution in [0.3, 0.4) is 0 Å². The highest BCUT2D eigenvalue weighted by atomic mass is 32.2. The molecular weight excluding hydrogens is 450 g/mol. The normalized spacial score (nSPS) is 19.3. The van der Waals surface area contributed by atoms with Gasteiger partial charge in [0, 0.05) is 51.9 Å². The number of nitrogens with zero attached hydrogens (tertiary/aromatic N) is 5. The molecule has 0 atom stereocenters. The predicted molar refractivity (Wildman–Crippen MR) is 132 cm³/mol. The topological polar surface area (TPSA) is 78.8 Å². The molecule has 0 aliphatic carbocycles. The van der Waals surface area contributed by atoms with Gasteiger partial charge in [0.05, 0.1) is 0 Å². The smallest absolute Gasteiger partial charge is 0.262 e. The minimum absolute atomic E-state index is 0.0946. The monoisotopic (exact) mass is 487 g/mol. The molecule has 0 unspecified atom stereocenters. The number of hydrogen-bond donors (Lipinski definition) is 0. The highest BCUT2D eigenvalue weighted by Crippen LogP contribution is 2.25. The van der Waals surface area contributed by atoms with Crippen molar-refractivity contribution in [1.82, 2.24) is 23.7 Å². The summed E-state index contributed by atoms with van der Waals surface area (Å²) >= 11 is 0. The lowest BCUT2D eigenvalue weighted by Crippen LogP contribution is -2.45. The fourth-order valence-corrected chi connectivity index (χ4v) is 6.45. The van der Waals surface area contributed by atoms with Gasteiger partial charge in [-0.05, 0) is 57.7 Å². The Labute approximate surface area is 203 Å². The number of aromatic nitrogens is 2. The Morgan fingerprint density at radius 3 is 2.44 bits per heavy atom. The molecule has 0 spiro atoms. The van der Waals surface area contributed by atoms with Crippen molar-refractivity contribution in [1.29, 1.82) is 0 Å². The number of carbonyl (C=O) groups is 1. The predicted octanol–water partition coefficient (Wildman–Crippen LogP) is 2.30. The Balaban J connectivity index is 1.24. The lowest BCUT2D eigenvalue weighted by atomic mass is 9.96. The van der Waals surface area contributed by atoms with Gasteiger partial charge in [-0.15, -0.1) is 0 Å². The third-order valence-electron chi connectivity index (χ3n) is 7.18. The maximum atomic E-state index is 13.2. The van der Waals surface area contributed by atoms with Gasteiger partial charge in [0.2, 0.25) is 5.91 Å². The highest BCUT2D eigenvalue weighted by molar-refractivity contribution is 7.89. The molecule has 9 heteroatoms. The van der Waals surface area contributed by atoms with Crippen molar-refractivity contribution in [3.05, 3.63) is 47.9 Å². The van der Waals surface area contributed by atoms with Crippen molar-refractivity contribution >= 4 is 15.9 Å². The van der Waals surface area contributed by atoms with Crippen LogP contribution in [0.1, 0.15) is 37.1 Å². The SMILES string of the molecule is Cc1nc(S(=O)(=O)N2CCC(C(=O)N3CCCN(CCCc4ccccc4)CC3)CC2)cn1C. The molecule has 0 radical (unpaired) electrons. The summed E-state index contributed by atoms with van der Waals surface area (Å²) in [6.45, 7) is 7.07. The number of hydrogen-bond acceptors (Lipinski definition) is 5. The van der Waals surface area contributed by atoms with E-state index in [-0.39, 0.29) is 16.9 Å². The lowest BCUT2D eigenvalue weighted by Gasteiger charge is -2.33. The Kier molecular flexibility index (Phi) is 8.06. The van der Waals surface area contributed by atoms with Crippen LogP contribution < -0.4 is 0 Å². The Morgan fingerprint density at radius 2 is 1.76 bits per heavy atom. The van der Waals surface area contributed by atoms with Gasteiger partial charge in [0.1, 0.15) is 5.82 Å². The molecule has 1 aromatic heterocycles. The van der Waals surface area contributed by atoms with E-state index in [9.17, 15) is 13.2 Å². The van der Waals surface area contributed by atoms with Crippen LogP contribution in [0, 0.1) is 12.8 Å². The molecule has 0 N–H and O–H groups in total. The van der Waals surface area contributed by atoms with E-state index in [2.05, 4.69) is 34.1 Å². The van der Waals surface area contributed by atoms with Gasteiger partial charge < -0.3 is 14.4 Å². The maximum absolute atomic E-state index is 13.2. The van der Waals surface area contributed by atoms with Crippen LogP contribution in [0.4, 0.5) is 0 Å². The van der Waals surface area contributed by atoms with Gasteiger partial charge in [-0.1, -0.05) is 30.3 Å². The summed E-state index contributed by atoms with van der Waals surface area (Å²) in [5.74, 6) is 0.761. The molecule has 2 aliphatic rings. The minimum Gasteiger partial charge on any atom is -0.341 e. The second-order valence-electron chi connectivity index (χ2n) is 9.53. The summed E-state index contributed by atoms with van der Waals surface area (Å²) in [5, 5.41) is 0.0946. The van der Waals surface area contributed by atoms with Crippen molar-refractivity contribution in [2.75, 3.05) is 45.8 Å². The summed E-state index contributed by atoms with van der Waals surface area (Å²) in [5.41, 5.74) is 1.38. The number of sulfonamides is 1. The quantitative estimate of drug-likeness (QED) is 0.599. The fourth-order valence-electron chi connectivity index (χ4n) is 4.95. The third-order valence-corrected chi connectivity index (χ3v) is 8.95. The summed E-state index contributed by atoms with van der Waals surface area (Å²) in [6.07, 6.45) is 5.90. The molecule has 4 rings (SSSR count). The molecule has 2 fully saturated rings. The molecule has 3 heterocycles. The first-order chi connectivity index (χ1) is 16.3. The van der Waals surface area contributed by atoms with E-state index in [0.29, 0.717) is 31.8 Å². The first-order valence-electron chi connectivity index (χ1n) is 12.4. The van der Waals surface area contributed by atoms with Crippen molar-refractivity contribution in [2.45, 2.75) is 44.1 Å². The molecule has 1 aromatic carbocycles. The van der Waals surface area contributed by atoms with E-state index in [1.807, 2.05) is 11.0 Å². The van der Waals surface area contributed by atoms with Crippen LogP contribution in [-0.2, 0) is 28.3 Å². The molecule has 2 aliphatic heterocycles. The van der Waals surface area contributed by atoms with Crippen molar-refractivity contribution < 1.29 is 13.2 Å². The third kappa shape index (κ3) is 5.87. The first-order valence-corrected chi connectivity index (χ1v) is 13.8. The molecule has 34 heavy (non-hydrogen) atoms. The van der Waals surface area contributed by atoms with E-state index in [1.54, 1.807) is 24.7 Å². The van der Waals surface area contributed by atoms with Gasteiger partial charge in [-0.3, -0.25) is 4.79 Å². The largest absolute Gasteiger partial charge is 0.341 e. The number of piperidine rings is 1. The van der Waals surface area contributed by atoms with Gasteiger partial charge in [-0.2, -0.15) is 4.31 Å². The van der Waals surface area contributed by atoms with Crippen LogP contribution in [0.2, 0.25) is 0 Å². The van der Waals surface area contributed by atoms with E-state index in [0.717, 1.165) is 52.0 Å². The van der Waals surface area contributed by atoms with Gasteiger partial charge in [-0.25, -0.2) is 13.4 Å². The number of aryl methyl sites for hydroxylation is 3. The molecule has 1 amide bonds. The van der Waals surface area contributed by atoms with E-state index < -0.39 is 10.0 Å². The Morgan fingerprint density at radius 1 is 1.03 bits per heavy atom. The van der Waals surface area contributed by atoms with Crippen molar-refractivity contribution in [3.63, 3.8) is 0 Å². The number of carbonyl (C=O) groups excluding carboxylic acids is 1. The summed E-state index contributed by atoms with van der Waals surface area (Å²) in [4.78, 5) is 21.9. The summed E-state index contributed by atoms with van der Waals surface area (Å²) in [6, 6.07) is 10.6. The minimum atomic E-state index is -3.61. The second kappa shape index (κ2) is 11.0. The fraction of sp³-hybridized carbons (Fsp3) is 0.600. The number of rotatable bonds is 7. The van der Waals surface area contributed by atoms with Crippen molar-refractivity contribution in [3.8, 4) is 0 Å². The number of benzene rings is 1. The van der Waals surface area contributed by atoms with Gasteiger partial charge in [0.15, 0.2) is 5.03 Å². The highest BCUT2D eigenvalue weighted by Gasteiger charge is 2.35. The number of amides is 1. The van der Waals surface area contributed by atoms with Gasteiger partial charge >= 0.3 is 0 Å². The standard InChI is InChI=1S/C25H37N5O3S/c1-21-26-24(20-27(21)2)34(32,33)30-16-11-23(12-17-30)25(31)29-15-7-14-28(18-19-29)13-6-10-22-8-4-3-5-9-22/h3-5,8-9,20,23H,6-7,10-19H2,1-2H3. The van der Waals surface area contributed by atoms with Crippen molar-refractivity contribution in [2.24, 2.45) is 13.0 Å². The average molecular weight is 488 g/mol. The lowest BCUT2D eigenvalue weighted by molar-refractivity contribution is -0.136. The van der Waals surface area contributed by atoms with Gasteiger partial charge in [0.25, 0.3) is 10.0 Å². The number of imidazole rings is 1. The average Bonchev–Trinajstić information content (AvgIpc) is 3.04. The molecule has 2 aromatic rings. The molecule has 0 bridgehead atoms. The summed E-state index contributed by atoms with van der Waals surface area (Å²) in [7, 11) is -1.82. The molecule has 0 saturated carbocycles. The Hall–Kier alpha value is -2.23. The van der Waals surface area contributed by atoms with E-state index >= 15 is 0 Å². The van der Waals surface area contributed by atoms with Crippen LogP contribution in [-0.4, -0.2) is 83.8 Å². The van der Waals surface area contributed by atoms with Crippen LogP contribution in [0.5, 0.6) is 0 Å².